The molecule has 0 aliphatic carbocycles. The summed E-state index contributed by atoms with van der Waals surface area (Å²) in [6.07, 6.45) is 1.66. The number of rotatable bonds is 5. The number of nitrogens with one attached hydrogen (secondary N) is 2. The summed E-state index contributed by atoms with van der Waals surface area (Å²) in [4.78, 5) is 16.4. The highest BCUT2D eigenvalue weighted by atomic mass is 16.5. The highest BCUT2D eigenvalue weighted by Gasteiger charge is 2.27. The van der Waals surface area contributed by atoms with Crippen molar-refractivity contribution >= 4 is 22.7 Å². The van der Waals surface area contributed by atoms with Crippen molar-refractivity contribution in [1.82, 2.24) is 15.8 Å². The summed E-state index contributed by atoms with van der Waals surface area (Å²) in [6.45, 7) is 1.05. The van der Waals surface area contributed by atoms with Gasteiger partial charge in [0, 0.05) is 6.54 Å². The average Bonchev–Trinajstić information content (AvgIpc) is 3.39. The molecule has 0 fully saturated rings. The molecular weight excluding hydrogens is 370 g/mol. The maximum absolute atomic E-state index is 11.7. The molecule has 8 nitrogen and oxygen atoms in total. The average molecular weight is 387 g/mol. The summed E-state index contributed by atoms with van der Waals surface area (Å²) in [5.74, 6) is 0.631. The van der Waals surface area contributed by atoms with E-state index < -0.39 is 5.91 Å². The van der Waals surface area contributed by atoms with Gasteiger partial charge in [0.25, 0.3) is 5.91 Å². The van der Waals surface area contributed by atoms with E-state index in [1.54, 1.807) is 18.4 Å². The number of aromatic nitrogens is 1. The van der Waals surface area contributed by atoms with E-state index in [1.165, 1.54) is 0 Å². The fourth-order valence-electron chi connectivity index (χ4n) is 3.36. The number of nitrogens with two attached hydrogens (primary N) is 1. The lowest BCUT2D eigenvalue weighted by Crippen LogP contribution is -2.32. The fourth-order valence-corrected chi connectivity index (χ4v) is 3.36. The first kappa shape index (κ1) is 17.1. The van der Waals surface area contributed by atoms with Gasteiger partial charge in [0.2, 0.25) is 0 Å². The van der Waals surface area contributed by atoms with E-state index in [4.69, 9.17) is 20.0 Å². The van der Waals surface area contributed by atoms with Crippen LogP contribution in [0.4, 0.5) is 0 Å². The number of carbonyl (C=O) groups is 1. The Morgan fingerprint density at radius 3 is 2.86 bits per heavy atom. The molecule has 5 rings (SSSR count). The van der Waals surface area contributed by atoms with Crippen LogP contribution in [0.25, 0.3) is 11.0 Å². The lowest BCUT2D eigenvalue weighted by atomic mass is 10.1. The predicted molar refractivity (Wildman–Crippen MR) is 107 cm³/mol. The zero-order chi connectivity index (χ0) is 19.8. The largest absolute Gasteiger partial charge is 0.494 e. The first-order chi connectivity index (χ1) is 14.2. The summed E-state index contributed by atoms with van der Waals surface area (Å²) < 4.78 is 10.9. The molecule has 0 unspecified atom stereocenters. The molecule has 0 radical (unpaired) electrons. The zero-order valence-electron chi connectivity index (χ0n) is 15.3. The molecule has 0 bridgehead atoms. The van der Waals surface area contributed by atoms with Crippen LogP contribution in [0.3, 0.4) is 0 Å². The number of ether oxygens (including phenoxy) is 1. The molecule has 3 heterocycles. The number of hydrogen-bond acceptors (Lipinski definition) is 7. The third-order valence-corrected chi connectivity index (χ3v) is 4.81. The number of hydrogen-bond donors (Lipinski definition) is 3. The molecular formula is C21H17N5O3. The second-order valence-electron chi connectivity index (χ2n) is 6.67. The summed E-state index contributed by atoms with van der Waals surface area (Å²) >= 11 is 0. The van der Waals surface area contributed by atoms with E-state index in [9.17, 15) is 4.79 Å². The number of nitrogens with zero attached hydrogens (tertiary/aromatic N) is 2. The maximum atomic E-state index is 11.7. The van der Waals surface area contributed by atoms with Gasteiger partial charge in [0.1, 0.15) is 18.7 Å². The van der Waals surface area contributed by atoms with E-state index in [1.807, 2.05) is 36.4 Å². The number of fused-ring (bicyclic) bond motifs is 2. The van der Waals surface area contributed by atoms with E-state index >= 15 is 0 Å². The minimum Gasteiger partial charge on any atom is -0.494 e. The molecule has 2 aromatic carbocycles. The van der Waals surface area contributed by atoms with Crippen molar-refractivity contribution in [3.05, 3.63) is 88.7 Å². The van der Waals surface area contributed by atoms with Crippen LogP contribution in [0.15, 0.2) is 81.4 Å². The summed E-state index contributed by atoms with van der Waals surface area (Å²) in [7, 11) is 0. The molecule has 0 saturated heterocycles. The van der Waals surface area contributed by atoms with Crippen molar-refractivity contribution in [3.63, 3.8) is 0 Å². The Morgan fingerprint density at radius 1 is 1.17 bits per heavy atom. The smallest absolute Gasteiger partial charge is 0.252 e. The van der Waals surface area contributed by atoms with Crippen LogP contribution < -0.4 is 16.4 Å². The highest BCUT2D eigenvalue weighted by molar-refractivity contribution is 6.12. The molecule has 2 aliphatic heterocycles. The molecule has 2 aliphatic rings. The molecule has 8 heteroatoms. The Balaban J connectivity index is 1.53. The first-order valence-electron chi connectivity index (χ1n) is 9.08. The minimum atomic E-state index is -0.573. The number of carbonyl (C=O) groups excluding carboxylic acids is 1. The number of benzene rings is 2. The Bertz CT molecular complexity index is 1210. The van der Waals surface area contributed by atoms with Gasteiger partial charge in [-0.05, 0) is 17.7 Å². The second-order valence-corrected chi connectivity index (χ2v) is 6.67. The van der Waals surface area contributed by atoms with Crippen molar-refractivity contribution in [3.8, 4) is 0 Å². The molecule has 29 heavy (non-hydrogen) atoms. The minimum absolute atomic E-state index is 0.278. The van der Waals surface area contributed by atoms with Gasteiger partial charge >= 0.3 is 0 Å². The molecule has 0 atom stereocenters. The first-order valence-corrected chi connectivity index (χ1v) is 9.08. The summed E-state index contributed by atoms with van der Waals surface area (Å²) in [6, 6.07) is 15.2. The number of amides is 1. The third-order valence-electron chi connectivity index (χ3n) is 4.81. The van der Waals surface area contributed by atoms with Gasteiger partial charge in [-0.3, -0.25) is 4.79 Å². The van der Waals surface area contributed by atoms with Crippen molar-refractivity contribution in [2.75, 3.05) is 6.61 Å². The van der Waals surface area contributed by atoms with Crippen LogP contribution in [-0.2, 0) is 11.3 Å². The molecule has 144 valence electrons. The predicted octanol–water partition coefficient (Wildman–Crippen LogP) is 2.15. The maximum Gasteiger partial charge on any atom is 0.252 e. The van der Waals surface area contributed by atoms with Crippen molar-refractivity contribution in [1.29, 1.82) is 0 Å². The summed E-state index contributed by atoms with van der Waals surface area (Å²) in [5, 5.41) is 11.4. The van der Waals surface area contributed by atoms with Gasteiger partial charge in [0.15, 0.2) is 17.1 Å². The number of amidine groups is 1. The molecule has 0 spiro atoms. The van der Waals surface area contributed by atoms with Crippen LogP contribution >= 0.6 is 0 Å². The van der Waals surface area contributed by atoms with Crippen LogP contribution in [0.2, 0.25) is 0 Å². The second kappa shape index (κ2) is 6.83. The van der Waals surface area contributed by atoms with Gasteiger partial charge < -0.3 is 25.6 Å². The van der Waals surface area contributed by atoms with E-state index in [-0.39, 0.29) is 5.56 Å². The van der Waals surface area contributed by atoms with Crippen LogP contribution in [0.1, 0.15) is 21.6 Å². The summed E-state index contributed by atoms with van der Waals surface area (Å²) in [5.41, 5.74) is 9.44. The van der Waals surface area contributed by atoms with E-state index in [0.29, 0.717) is 41.5 Å². The number of primary amides is 1. The fraction of sp³-hybridized carbons (Fsp3) is 0.0952. The quantitative estimate of drug-likeness (QED) is 0.618. The van der Waals surface area contributed by atoms with Crippen LogP contribution in [-0.4, -0.2) is 23.5 Å². The highest BCUT2D eigenvalue weighted by Crippen LogP contribution is 2.27. The number of para-hydroxylation sites is 1. The number of aliphatic imine (C=N–C) groups is 1. The van der Waals surface area contributed by atoms with E-state index in [2.05, 4.69) is 15.8 Å². The van der Waals surface area contributed by atoms with Gasteiger partial charge in [-0.2, -0.15) is 0 Å². The third kappa shape index (κ3) is 3.00. The molecule has 4 N–H and O–H groups in total. The topological polar surface area (TPSA) is 115 Å². The lowest BCUT2D eigenvalue weighted by Gasteiger charge is -2.19. The Labute approximate surface area is 165 Å². The normalized spacial score (nSPS) is 15.3. The van der Waals surface area contributed by atoms with Crippen LogP contribution in [0, 0.1) is 0 Å². The van der Waals surface area contributed by atoms with Crippen LogP contribution in [0.5, 0.6) is 0 Å². The van der Waals surface area contributed by atoms with E-state index in [0.717, 1.165) is 16.8 Å². The van der Waals surface area contributed by atoms with Gasteiger partial charge in [-0.15, -0.1) is 0 Å². The standard InChI is InChI=1S/C21H17N5O3/c22-19(27)14-8-4-7-13-17(26-29-18(13)14)21-24-16-11-28-10-15(16)20(25-21)23-9-12-5-2-1-3-6-12/h1-8,11,23H,9-10H2,(H2,22,27)(H,24,25). The van der Waals surface area contributed by atoms with Crippen molar-refractivity contribution in [2.24, 2.45) is 10.7 Å². The SMILES string of the molecule is NC(=O)c1cccc2c(C3=NC(NCc4ccccc4)=C4COC=C4N3)noc12. The molecule has 0 saturated carbocycles. The Morgan fingerprint density at radius 2 is 2.03 bits per heavy atom. The monoisotopic (exact) mass is 387 g/mol. The van der Waals surface area contributed by atoms with Gasteiger partial charge in [-0.25, -0.2) is 4.99 Å². The lowest BCUT2D eigenvalue weighted by molar-refractivity contribution is 0.100. The Hall–Kier alpha value is -4.07. The molecule has 1 amide bonds. The Kier molecular flexibility index (Phi) is 4.02. The van der Waals surface area contributed by atoms with Crippen molar-refractivity contribution in [2.45, 2.75) is 6.54 Å². The molecule has 1 aromatic heterocycles. The van der Waals surface area contributed by atoms with Crippen molar-refractivity contribution < 1.29 is 14.1 Å². The van der Waals surface area contributed by atoms with Gasteiger partial charge in [0.05, 0.1) is 22.2 Å². The molecule has 3 aromatic rings. The van der Waals surface area contributed by atoms with Gasteiger partial charge in [-0.1, -0.05) is 41.6 Å². The zero-order valence-corrected chi connectivity index (χ0v) is 15.3.